The molecule has 2 saturated heterocycles. The van der Waals surface area contributed by atoms with Crippen LogP contribution in [0.25, 0.3) is 0 Å². The van der Waals surface area contributed by atoms with Gasteiger partial charge in [0, 0.05) is 18.7 Å². The van der Waals surface area contributed by atoms with Gasteiger partial charge in [0.05, 0.1) is 6.42 Å². The highest BCUT2D eigenvalue weighted by atomic mass is 16.2. The second-order valence-corrected chi connectivity index (χ2v) is 9.22. The monoisotopic (exact) mass is 469 g/mol. The molecule has 182 valence electrons. The highest BCUT2D eigenvalue weighted by Crippen LogP contribution is 2.29. The number of hydrogen-bond acceptors (Lipinski definition) is 5. The molecule has 0 saturated carbocycles. The summed E-state index contributed by atoms with van der Waals surface area (Å²) in [6.45, 7) is 0.342. The van der Waals surface area contributed by atoms with E-state index in [1.165, 1.54) is 10.5 Å². The Hall–Kier alpha value is -3.43. The van der Waals surface area contributed by atoms with Crippen LogP contribution >= 0.6 is 0 Å². The van der Waals surface area contributed by atoms with Crippen molar-refractivity contribution in [2.75, 3.05) is 11.9 Å². The number of aryl methyl sites for hydroxylation is 1. The lowest BCUT2D eigenvalue weighted by molar-refractivity contribution is -0.141. The van der Waals surface area contributed by atoms with Crippen molar-refractivity contribution in [1.82, 2.24) is 15.5 Å². The van der Waals surface area contributed by atoms with Crippen molar-refractivity contribution >= 4 is 35.2 Å². The lowest BCUT2D eigenvalue weighted by Gasteiger charge is -2.29. The Labute approximate surface area is 198 Å². The average molecular weight is 470 g/mol. The van der Waals surface area contributed by atoms with Gasteiger partial charge in [-0.15, -0.1) is 0 Å². The minimum Gasteiger partial charge on any atom is -0.370 e. The summed E-state index contributed by atoms with van der Waals surface area (Å²) in [6, 6.07) is 3.25. The molecular formula is C24H31N5O5. The summed E-state index contributed by atoms with van der Waals surface area (Å²) in [7, 11) is 0. The van der Waals surface area contributed by atoms with Crippen molar-refractivity contribution in [3.63, 3.8) is 0 Å². The van der Waals surface area contributed by atoms with Crippen molar-refractivity contribution in [3.05, 3.63) is 29.3 Å². The van der Waals surface area contributed by atoms with E-state index in [0.717, 1.165) is 36.9 Å². The van der Waals surface area contributed by atoms with E-state index in [4.69, 9.17) is 5.73 Å². The number of benzene rings is 1. The lowest BCUT2D eigenvalue weighted by atomic mass is 9.90. The van der Waals surface area contributed by atoms with Gasteiger partial charge in [0.1, 0.15) is 18.1 Å². The fourth-order valence-electron chi connectivity index (χ4n) is 5.10. The van der Waals surface area contributed by atoms with E-state index in [0.29, 0.717) is 25.8 Å². The highest BCUT2D eigenvalue weighted by Gasteiger charge is 2.39. The molecule has 34 heavy (non-hydrogen) atoms. The van der Waals surface area contributed by atoms with Gasteiger partial charge in [0.2, 0.25) is 29.5 Å². The molecule has 3 aliphatic rings. The quantitative estimate of drug-likeness (QED) is 0.448. The van der Waals surface area contributed by atoms with Crippen LogP contribution in [0.4, 0.5) is 5.69 Å². The largest absolute Gasteiger partial charge is 0.370 e. The van der Waals surface area contributed by atoms with Crippen LogP contribution in [-0.2, 0) is 36.8 Å². The first-order valence-corrected chi connectivity index (χ1v) is 11.9. The maximum absolute atomic E-state index is 13.3. The van der Waals surface area contributed by atoms with Gasteiger partial charge in [-0.2, -0.15) is 0 Å². The Kier molecular flexibility index (Phi) is 7.14. The summed E-state index contributed by atoms with van der Waals surface area (Å²) in [4.78, 5) is 63.6. The Balaban J connectivity index is 1.46. The molecule has 3 atom stereocenters. The van der Waals surface area contributed by atoms with Gasteiger partial charge in [-0.25, -0.2) is 0 Å². The maximum Gasteiger partial charge on any atom is 0.247 e. The molecule has 1 aromatic rings. The van der Waals surface area contributed by atoms with E-state index in [-0.39, 0.29) is 24.7 Å². The normalized spacial score (nSPS) is 22.5. The second-order valence-electron chi connectivity index (χ2n) is 9.22. The average Bonchev–Trinajstić information content (AvgIpc) is 3.47. The molecule has 2 aliphatic heterocycles. The molecule has 2 heterocycles. The van der Waals surface area contributed by atoms with Crippen molar-refractivity contribution in [1.29, 1.82) is 0 Å². The van der Waals surface area contributed by atoms with Crippen LogP contribution in [0.15, 0.2) is 18.2 Å². The van der Waals surface area contributed by atoms with Crippen molar-refractivity contribution < 1.29 is 24.0 Å². The van der Waals surface area contributed by atoms with Crippen molar-refractivity contribution in [2.45, 2.75) is 75.9 Å². The number of primary amides is 1. The van der Waals surface area contributed by atoms with E-state index < -0.39 is 35.8 Å². The number of nitrogens with one attached hydrogen (secondary N) is 3. The smallest absolute Gasteiger partial charge is 0.247 e. The number of anilines is 1. The summed E-state index contributed by atoms with van der Waals surface area (Å²) in [6.07, 6.45) is 5.38. The van der Waals surface area contributed by atoms with Crippen LogP contribution in [0, 0.1) is 0 Å². The molecule has 0 aromatic heterocycles. The van der Waals surface area contributed by atoms with Gasteiger partial charge < -0.3 is 26.6 Å². The Morgan fingerprint density at radius 3 is 2.59 bits per heavy atom. The molecule has 4 rings (SSSR count). The number of likely N-dealkylation sites (tertiary alicyclic amines) is 1. The first-order valence-electron chi connectivity index (χ1n) is 11.9. The minimum atomic E-state index is -1.19. The Morgan fingerprint density at radius 2 is 1.85 bits per heavy atom. The molecule has 3 unspecified atom stereocenters. The highest BCUT2D eigenvalue weighted by molar-refractivity contribution is 6.00. The fourth-order valence-corrected chi connectivity index (χ4v) is 5.10. The summed E-state index contributed by atoms with van der Waals surface area (Å²) in [5.41, 5.74) is 8.50. The van der Waals surface area contributed by atoms with Crippen LogP contribution in [-0.4, -0.2) is 59.1 Å². The molecule has 2 fully saturated rings. The first-order chi connectivity index (χ1) is 16.3. The summed E-state index contributed by atoms with van der Waals surface area (Å²) in [5, 5.41) is 8.11. The van der Waals surface area contributed by atoms with Crippen LogP contribution in [0.3, 0.4) is 0 Å². The predicted molar refractivity (Wildman–Crippen MR) is 123 cm³/mol. The maximum atomic E-state index is 13.3. The zero-order valence-corrected chi connectivity index (χ0v) is 19.1. The first kappa shape index (κ1) is 23.7. The van der Waals surface area contributed by atoms with E-state index >= 15 is 0 Å². The van der Waals surface area contributed by atoms with Crippen LogP contribution < -0.4 is 21.7 Å². The topological polar surface area (TPSA) is 151 Å². The second kappa shape index (κ2) is 10.2. The number of carbonyl (C=O) groups is 5. The third-order valence-corrected chi connectivity index (χ3v) is 6.82. The molecule has 5 amide bonds. The Morgan fingerprint density at radius 1 is 1.06 bits per heavy atom. The minimum absolute atomic E-state index is 0.226. The fraction of sp³-hybridized carbons (Fsp3) is 0.542. The van der Waals surface area contributed by atoms with Gasteiger partial charge in [-0.05, 0) is 62.1 Å². The summed E-state index contributed by atoms with van der Waals surface area (Å²) >= 11 is 0. The van der Waals surface area contributed by atoms with Crippen LogP contribution in [0.1, 0.15) is 56.1 Å². The lowest BCUT2D eigenvalue weighted by Crippen LogP contribution is -2.56. The zero-order valence-electron chi connectivity index (χ0n) is 19.1. The molecule has 0 radical (unpaired) electrons. The van der Waals surface area contributed by atoms with Gasteiger partial charge in [-0.1, -0.05) is 12.1 Å². The predicted octanol–water partition coefficient (Wildman–Crippen LogP) is 0.134. The number of amides is 5. The summed E-state index contributed by atoms with van der Waals surface area (Å²) in [5.74, 6) is -2.33. The van der Waals surface area contributed by atoms with E-state index in [2.05, 4.69) is 22.0 Å². The Bertz CT molecular complexity index is 1010. The molecule has 5 N–H and O–H groups in total. The summed E-state index contributed by atoms with van der Waals surface area (Å²) < 4.78 is 0. The van der Waals surface area contributed by atoms with Crippen LogP contribution in [0.5, 0.6) is 0 Å². The molecule has 10 heteroatoms. The molecule has 10 nitrogen and oxygen atoms in total. The van der Waals surface area contributed by atoms with Gasteiger partial charge in [0.15, 0.2) is 0 Å². The van der Waals surface area contributed by atoms with E-state index in [1.54, 1.807) is 0 Å². The SMILES string of the molecule is NC(=O)CC(NC(=O)C1CCC(=O)N1)C(=O)N1CCCC1C(=O)Nc1cccc2c1CCCC2. The van der Waals surface area contributed by atoms with Gasteiger partial charge in [-0.3, -0.25) is 24.0 Å². The van der Waals surface area contributed by atoms with E-state index in [1.807, 2.05) is 12.1 Å². The van der Waals surface area contributed by atoms with Crippen molar-refractivity contribution in [3.8, 4) is 0 Å². The molecule has 0 spiro atoms. The molecule has 1 aromatic carbocycles. The number of fused-ring (bicyclic) bond motifs is 1. The third kappa shape index (κ3) is 5.21. The standard InChI is InChI=1S/C24H31N5O5/c25-20(30)13-18(28-22(32)17-10-11-21(31)26-17)24(34)29-12-4-9-19(29)23(33)27-16-8-3-6-14-5-1-2-7-15(14)16/h3,6,8,17-19H,1-2,4-5,7,9-13H2,(H2,25,30)(H,26,31)(H,27,33)(H,28,32). The number of nitrogens with two attached hydrogens (primary N) is 1. The molecular weight excluding hydrogens is 438 g/mol. The van der Waals surface area contributed by atoms with Crippen LogP contribution in [0.2, 0.25) is 0 Å². The van der Waals surface area contributed by atoms with E-state index in [9.17, 15) is 24.0 Å². The number of hydrogen-bond donors (Lipinski definition) is 4. The zero-order chi connectivity index (χ0) is 24.2. The number of carbonyl (C=O) groups excluding carboxylic acids is 5. The van der Waals surface area contributed by atoms with Gasteiger partial charge in [0.25, 0.3) is 0 Å². The number of nitrogens with zero attached hydrogens (tertiary/aromatic N) is 1. The molecule has 1 aliphatic carbocycles. The third-order valence-electron chi connectivity index (χ3n) is 6.82. The molecule has 0 bridgehead atoms. The van der Waals surface area contributed by atoms with Gasteiger partial charge >= 0.3 is 0 Å². The van der Waals surface area contributed by atoms with Crippen molar-refractivity contribution in [2.24, 2.45) is 5.73 Å². The number of rotatable bonds is 7.